The Morgan fingerprint density at radius 3 is 2.56 bits per heavy atom. The zero-order chi connectivity index (χ0) is 19.2. The molecule has 1 amide bonds. The van der Waals surface area contributed by atoms with E-state index in [2.05, 4.69) is 23.5 Å². The molecule has 2 aliphatic rings. The number of carbonyl (C=O) groups excluding carboxylic acids is 1. The van der Waals surface area contributed by atoms with Crippen molar-refractivity contribution in [2.24, 2.45) is 0 Å². The second-order valence-electron chi connectivity index (χ2n) is 8.20. The minimum Gasteiger partial charge on any atom is -0.493 e. The van der Waals surface area contributed by atoms with Gasteiger partial charge in [-0.05, 0) is 44.4 Å². The van der Waals surface area contributed by atoms with Crippen LogP contribution in [0.2, 0.25) is 0 Å². The van der Waals surface area contributed by atoms with Crippen LogP contribution >= 0.6 is 0 Å². The van der Waals surface area contributed by atoms with Crippen LogP contribution in [0.4, 0.5) is 5.69 Å². The highest BCUT2D eigenvalue weighted by atomic mass is 16.5. The second kappa shape index (κ2) is 6.48. The number of nitrogens with one attached hydrogen (secondary N) is 1. The summed E-state index contributed by atoms with van der Waals surface area (Å²) >= 11 is 0. The van der Waals surface area contributed by atoms with E-state index in [0.717, 1.165) is 12.1 Å². The van der Waals surface area contributed by atoms with Crippen molar-refractivity contribution in [3.05, 3.63) is 53.1 Å². The fourth-order valence-corrected chi connectivity index (χ4v) is 3.84. The number of methoxy groups -OCH3 is 1. The Bertz CT molecular complexity index is 886. The largest absolute Gasteiger partial charge is 0.493 e. The van der Waals surface area contributed by atoms with Crippen LogP contribution in [-0.4, -0.2) is 36.1 Å². The molecule has 0 aromatic heterocycles. The average molecular weight is 366 g/mol. The lowest BCUT2D eigenvalue weighted by Gasteiger charge is -2.35. The third-order valence-electron chi connectivity index (χ3n) is 5.09. The smallest absolute Gasteiger partial charge is 0.256 e. The third-order valence-corrected chi connectivity index (χ3v) is 5.09. The van der Waals surface area contributed by atoms with E-state index in [-0.39, 0.29) is 17.6 Å². The van der Waals surface area contributed by atoms with Gasteiger partial charge in [-0.3, -0.25) is 4.79 Å². The van der Waals surface area contributed by atoms with Gasteiger partial charge in [0, 0.05) is 19.2 Å². The standard InChI is InChI=1S/C22H26N2O3/c1-22(2,3)27-20-11-18-17(10-19(20)26-4)21(25)24-13-15-8-6-5-7-14(15)9-16(24)12-23-18/h5-8,10-11,16,23H,9,12-13H2,1-4H3/t16-/m0/s1. The van der Waals surface area contributed by atoms with Crippen LogP contribution in [0.15, 0.2) is 36.4 Å². The molecule has 1 atom stereocenters. The monoisotopic (exact) mass is 366 g/mol. The van der Waals surface area contributed by atoms with Gasteiger partial charge in [-0.25, -0.2) is 0 Å². The van der Waals surface area contributed by atoms with Crippen LogP contribution in [0.1, 0.15) is 42.3 Å². The van der Waals surface area contributed by atoms with E-state index in [9.17, 15) is 4.79 Å². The Balaban J connectivity index is 1.72. The Hall–Kier alpha value is -2.69. The maximum Gasteiger partial charge on any atom is 0.256 e. The van der Waals surface area contributed by atoms with Crippen LogP contribution in [0.3, 0.4) is 0 Å². The van der Waals surface area contributed by atoms with Gasteiger partial charge >= 0.3 is 0 Å². The topological polar surface area (TPSA) is 50.8 Å². The number of rotatable bonds is 2. The normalized spacial score (nSPS) is 18.6. The number of anilines is 1. The molecule has 0 fully saturated rings. The summed E-state index contributed by atoms with van der Waals surface area (Å²) in [5, 5.41) is 3.46. The number of benzene rings is 2. The average Bonchev–Trinajstić information content (AvgIpc) is 2.75. The van der Waals surface area contributed by atoms with Crippen LogP contribution in [-0.2, 0) is 13.0 Å². The summed E-state index contributed by atoms with van der Waals surface area (Å²) in [6.45, 7) is 7.34. The maximum atomic E-state index is 13.3. The molecule has 0 radical (unpaired) electrons. The van der Waals surface area contributed by atoms with E-state index < -0.39 is 0 Å². The van der Waals surface area contributed by atoms with E-state index in [0.29, 0.717) is 30.2 Å². The van der Waals surface area contributed by atoms with Crippen molar-refractivity contribution in [1.29, 1.82) is 0 Å². The first-order valence-corrected chi connectivity index (χ1v) is 9.38. The molecule has 0 bridgehead atoms. The molecule has 0 spiro atoms. The van der Waals surface area contributed by atoms with Gasteiger partial charge in [0.15, 0.2) is 11.5 Å². The molecular formula is C22H26N2O3. The molecule has 2 aromatic rings. The summed E-state index contributed by atoms with van der Waals surface area (Å²) in [4.78, 5) is 15.3. The Labute approximate surface area is 160 Å². The molecule has 2 aromatic carbocycles. The number of fused-ring (bicyclic) bond motifs is 3. The third kappa shape index (κ3) is 3.34. The first-order chi connectivity index (χ1) is 12.9. The van der Waals surface area contributed by atoms with Crippen molar-refractivity contribution in [2.75, 3.05) is 19.0 Å². The molecule has 2 aliphatic heterocycles. The van der Waals surface area contributed by atoms with Gasteiger partial charge in [0.2, 0.25) is 0 Å². The van der Waals surface area contributed by atoms with E-state index >= 15 is 0 Å². The van der Waals surface area contributed by atoms with Crippen LogP contribution in [0.25, 0.3) is 0 Å². The fourth-order valence-electron chi connectivity index (χ4n) is 3.84. The number of carbonyl (C=O) groups is 1. The maximum absolute atomic E-state index is 13.3. The van der Waals surface area contributed by atoms with Gasteiger partial charge in [-0.15, -0.1) is 0 Å². The molecule has 142 valence electrons. The SMILES string of the molecule is COc1cc2c(cc1OC(C)(C)C)NC[C@@H]1Cc3ccccc3CN1C2=O. The Morgan fingerprint density at radius 1 is 1.11 bits per heavy atom. The predicted octanol–water partition coefficient (Wildman–Crippen LogP) is 3.87. The molecule has 1 N–H and O–H groups in total. The molecule has 27 heavy (non-hydrogen) atoms. The molecule has 0 saturated heterocycles. The number of amides is 1. The lowest BCUT2D eigenvalue weighted by Crippen LogP contribution is -2.45. The van der Waals surface area contributed by atoms with E-state index in [1.54, 1.807) is 13.2 Å². The zero-order valence-corrected chi connectivity index (χ0v) is 16.3. The van der Waals surface area contributed by atoms with Crippen molar-refractivity contribution in [3.63, 3.8) is 0 Å². The van der Waals surface area contributed by atoms with E-state index in [1.807, 2.05) is 37.8 Å². The van der Waals surface area contributed by atoms with Gasteiger partial charge in [-0.2, -0.15) is 0 Å². The molecule has 0 saturated carbocycles. The summed E-state index contributed by atoms with van der Waals surface area (Å²) in [7, 11) is 1.60. The summed E-state index contributed by atoms with van der Waals surface area (Å²) < 4.78 is 11.6. The van der Waals surface area contributed by atoms with Crippen molar-refractivity contribution in [2.45, 2.75) is 45.4 Å². The molecule has 5 heteroatoms. The summed E-state index contributed by atoms with van der Waals surface area (Å²) in [6, 6.07) is 12.2. The Morgan fingerprint density at radius 2 is 1.85 bits per heavy atom. The molecular weight excluding hydrogens is 340 g/mol. The van der Waals surface area contributed by atoms with Gasteiger partial charge in [0.05, 0.1) is 24.4 Å². The van der Waals surface area contributed by atoms with Crippen molar-refractivity contribution in [1.82, 2.24) is 4.90 Å². The molecule has 4 rings (SSSR count). The van der Waals surface area contributed by atoms with Gasteiger partial charge in [0.25, 0.3) is 5.91 Å². The highest BCUT2D eigenvalue weighted by molar-refractivity contribution is 6.01. The highest BCUT2D eigenvalue weighted by Gasteiger charge is 2.34. The number of ether oxygens (including phenoxy) is 2. The fraction of sp³-hybridized carbons (Fsp3) is 0.409. The lowest BCUT2D eigenvalue weighted by atomic mass is 9.94. The summed E-state index contributed by atoms with van der Waals surface area (Å²) in [6.07, 6.45) is 0.866. The molecule has 2 heterocycles. The van der Waals surface area contributed by atoms with Crippen molar-refractivity contribution < 1.29 is 14.3 Å². The van der Waals surface area contributed by atoms with Crippen LogP contribution in [0, 0.1) is 0 Å². The minimum absolute atomic E-state index is 0.0371. The van der Waals surface area contributed by atoms with Crippen LogP contribution < -0.4 is 14.8 Å². The van der Waals surface area contributed by atoms with Gasteiger partial charge in [-0.1, -0.05) is 24.3 Å². The zero-order valence-electron chi connectivity index (χ0n) is 16.3. The number of hydrogen-bond donors (Lipinski definition) is 1. The number of hydrogen-bond acceptors (Lipinski definition) is 4. The summed E-state index contributed by atoms with van der Waals surface area (Å²) in [5.74, 6) is 1.26. The number of nitrogens with zero attached hydrogens (tertiary/aromatic N) is 1. The van der Waals surface area contributed by atoms with Crippen molar-refractivity contribution in [3.8, 4) is 11.5 Å². The van der Waals surface area contributed by atoms with Gasteiger partial charge in [0.1, 0.15) is 5.60 Å². The predicted molar refractivity (Wildman–Crippen MR) is 106 cm³/mol. The van der Waals surface area contributed by atoms with Crippen molar-refractivity contribution >= 4 is 11.6 Å². The first-order valence-electron chi connectivity index (χ1n) is 9.38. The molecule has 0 aliphatic carbocycles. The van der Waals surface area contributed by atoms with E-state index in [1.165, 1.54) is 11.1 Å². The Kier molecular flexibility index (Phi) is 4.25. The molecule has 5 nitrogen and oxygen atoms in total. The first kappa shape index (κ1) is 17.7. The highest BCUT2D eigenvalue weighted by Crippen LogP contribution is 2.38. The minimum atomic E-state index is -0.352. The summed E-state index contributed by atoms with van der Waals surface area (Å²) in [5.41, 5.74) is 3.64. The van der Waals surface area contributed by atoms with Gasteiger partial charge < -0.3 is 19.7 Å². The lowest BCUT2D eigenvalue weighted by molar-refractivity contribution is 0.0660. The molecule has 0 unspecified atom stereocenters. The quantitative estimate of drug-likeness (QED) is 0.877. The second-order valence-corrected chi connectivity index (χ2v) is 8.20. The van der Waals surface area contributed by atoms with E-state index in [4.69, 9.17) is 9.47 Å². The van der Waals surface area contributed by atoms with Crippen LogP contribution in [0.5, 0.6) is 11.5 Å².